The van der Waals surface area contributed by atoms with Crippen LogP contribution in [0.3, 0.4) is 0 Å². The molecule has 1 saturated heterocycles. The summed E-state index contributed by atoms with van der Waals surface area (Å²) in [6, 6.07) is -0.935. The Morgan fingerprint density at radius 2 is 1.80 bits per heavy atom. The van der Waals surface area contributed by atoms with Gasteiger partial charge in [-0.15, -0.1) is 0 Å². The largest absolute Gasteiger partial charge is 0.433 e. The maximum Gasteiger partial charge on any atom is 0.433 e. The average Bonchev–Trinajstić information content (AvgIpc) is 3.33. The highest BCUT2D eigenvalue weighted by atomic mass is 19.4. The van der Waals surface area contributed by atoms with E-state index in [1.54, 1.807) is 0 Å². The number of imidazole rings is 1. The summed E-state index contributed by atoms with van der Waals surface area (Å²) in [5.41, 5.74) is -2.11. The summed E-state index contributed by atoms with van der Waals surface area (Å²) in [5, 5.41) is 20.6. The second kappa shape index (κ2) is 12.2. The van der Waals surface area contributed by atoms with Gasteiger partial charge in [-0.25, -0.2) is 22.9 Å². The topological polar surface area (TPSA) is 145 Å². The summed E-state index contributed by atoms with van der Waals surface area (Å²) in [7, 11) is 1.04. The van der Waals surface area contributed by atoms with E-state index in [1.807, 2.05) is 5.32 Å². The highest BCUT2D eigenvalue weighted by molar-refractivity contribution is 5.93. The fourth-order valence-corrected chi connectivity index (χ4v) is 7.22. The summed E-state index contributed by atoms with van der Waals surface area (Å²) in [4.78, 5) is 31.3. The van der Waals surface area contributed by atoms with Crippen molar-refractivity contribution in [1.82, 2.24) is 45.3 Å². The minimum Gasteiger partial charge on any atom is -0.344 e. The highest BCUT2D eigenvalue weighted by Crippen LogP contribution is 2.44. The smallest absolute Gasteiger partial charge is 0.344 e. The SMILES string of the molecule is Cn1nc(C[C@]2(Cc3cnn4cc([C@@H](NC(=O)c5nonc5C5CC5)C5CCC(F)(F)CC5)nc4c3)C[C@@H](C(F)(F)F)NC2=O)cc1C(F)(F)F. The molecule has 2 amide bonds. The summed E-state index contributed by atoms with van der Waals surface area (Å²) in [5.74, 6) is -4.90. The standard InChI is InChI=1S/C31H31F8N9O3/c1-47-21(31(37,38)39)9-18(44-47)11-28(12-20(30(34,35)36)42-27(28)50)10-15-8-22-41-19(14-48(22)40-13-15)23(17-4-6-29(32,33)7-5-17)43-26(49)25-24(16-2-3-16)45-51-46-25/h8-9,13-14,16-17,20,23H,2-7,10-12H2,1H3,(H,42,50)(H,43,49)/t20-,23-,28+/m0/s1. The zero-order valence-electron chi connectivity index (χ0n) is 26.9. The molecule has 2 N–H and O–H groups in total. The third-order valence-corrected chi connectivity index (χ3v) is 9.99. The molecule has 0 bridgehead atoms. The minimum absolute atomic E-state index is 0.0135. The van der Waals surface area contributed by atoms with Crippen LogP contribution in [0.4, 0.5) is 35.1 Å². The predicted octanol–water partition coefficient (Wildman–Crippen LogP) is 5.26. The van der Waals surface area contributed by atoms with Crippen molar-refractivity contribution in [2.75, 3.05) is 0 Å². The van der Waals surface area contributed by atoms with Crippen LogP contribution in [-0.2, 0) is 30.9 Å². The minimum atomic E-state index is -4.82. The molecule has 0 aromatic carbocycles. The monoisotopic (exact) mass is 729 g/mol. The number of amides is 2. The second-order valence-corrected chi connectivity index (χ2v) is 13.8. The van der Waals surface area contributed by atoms with Crippen LogP contribution >= 0.6 is 0 Å². The molecule has 12 nitrogen and oxygen atoms in total. The van der Waals surface area contributed by atoms with Gasteiger partial charge < -0.3 is 10.6 Å². The third kappa shape index (κ3) is 7.00. The summed E-state index contributed by atoms with van der Waals surface area (Å²) < 4.78 is 117. The van der Waals surface area contributed by atoms with Gasteiger partial charge in [-0.2, -0.15) is 36.5 Å². The fraction of sp³-hybridized carbons (Fsp3) is 0.581. The Bertz CT molecular complexity index is 1950. The number of nitrogens with zero attached hydrogens (tertiary/aromatic N) is 7. The lowest BCUT2D eigenvalue weighted by molar-refractivity contribution is -0.155. The van der Waals surface area contributed by atoms with Crippen molar-refractivity contribution in [3.8, 4) is 0 Å². The number of rotatable bonds is 9. The normalized spacial score (nSPS) is 23.5. The molecule has 3 atom stereocenters. The first-order valence-electron chi connectivity index (χ1n) is 16.2. The fourth-order valence-electron chi connectivity index (χ4n) is 7.22. The number of carbonyl (C=O) groups is 2. The van der Waals surface area contributed by atoms with Crippen LogP contribution in [0.5, 0.6) is 0 Å². The van der Waals surface area contributed by atoms with Gasteiger partial charge in [-0.05, 0) is 67.3 Å². The molecule has 4 aromatic rings. The van der Waals surface area contributed by atoms with E-state index in [1.165, 1.54) is 23.0 Å². The lowest BCUT2D eigenvalue weighted by atomic mass is 9.75. The number of aryl methyl sites for hydroxylation is 1. The van der Waals surface area contributed by atoms with Crippen LogP contribution in [0.15, 0.2) is 29.2 Å². The molecule has 1 aliphatic heterocycles. The van der Waals surface area contributed by atoms with E-state index in [4.69, 9.17) is 4.63 Å². The Labute approximate surface area is 283 Å². The molecular weight excluding hydrogens is 698 g/mol. The maximum absolute atomic E-state index is 14.1. The van der Waals surface area contributed by atoms with Gasteiger partial charge in [-0.1, -0.05) is 5.16 Å². The van der Waals surface area contributed by atoms with Gasteiger partial charge in [0, 0.05) is 32.2 Å². The molecule has 2 aliphatic carbocycles. The van der Waals surface area contributed by atoms with Crippen molar-refractivity contribution in [2.24, 2.45) is 18.4 Å². The zero-order chi connectivity index (χ0) is 36.5. The Kier molecular flexibility index (Phi) is 8.35. The molecule has 3 fully saturated rings. The number of fused-ring (bicyclic) bond motifs is 1. The van der Waals surface area contributed by atoms with Crippen molar-refractivity contribution >= 4 is 17.5 Å². The molecule has 0 unspecified atom stereocenters. The molecule has 0 spiro atoms. The van der Waals surface area contributed by atoms with Gasteiger partial charge >= 0.3 is 12.4 Å². The van der Waals surface area contributed by atoms with E-state index in [0.29, 0.717) is 16.4 Å². The number of alkyl halides is 8. The Morgan fingerprint density at radius 1 is 1.08 bits per heavy atom. The zero-order valence-corrected chi connectivity index (χ0v) is 26.9. The third-order valence-electron chi connectivity index (χ3n) is 9.99. The van der Waals surface area contributed by atoms with Crippen LogP contribution in [0.2, 0.25) is 0 Å². The van der Waals surface area contributed by atoms with E-state index in [9.17, 15) is 44.7 Å². The number of nitrogens with one attached hydrogen (secondary N) is 2. The second-order valence-electron chi connectivity index (χ2n) is 13.8. The first-order valence-corrected chi connectivity index (χ1v) is 16.2. The summed E-state index contributed by atoms with van der Waals surface area (Å²) >= 11 is 0. The molecule has 4 aromatic heterocycles. The van der Waals surface area contributed by atoms with Crippen LogP contribution < -0.4 is 10.6 Å². The van der Waals surface area contributed by atoms with Gasteiger partial charge in [0.05, 0.1) is 35.2 Å². The van der Waals surface area contributed by atoms with E-state index in [-0.39, 0.29) is 53.5 Å². The van der Waals surface area contributed by atoms with Crippen molar-refractivity contribution < 1.29 is 49.3 Å². The van der Waals surface area contributed by atoms with Crippen molar-refractivity contribution in [1.29, 1.82) is 0 Å². The van der Waals surface area contributed by atoms with E-state index < -0.39 is 84.9 Å². The number of carbonyl (C=O) groups excluding carboxylic acids is 2. The van der Waals surface area contributed by atoms with Crippen molar-refractivity contribution in [3.05, 3.63) is 58.6 Å². The number of aromatic nitrogens is 7. The molecule has 274 valence electrons. The quantitative estimate of drug-likeness (QED) is 0.222. The molecule has 5 heterocycles. The summed E-state index contributed by atoms with van der Waals surface area (Å²) in [6.07, 6.45) is -7.50. The number of hydrogen-bond donors (Lipinski definition) is 2. The molecule has 51 heavy (non-hydrogen) atoms. The van der Waals surface area contributed by atoms with Crippen molar-refractivity contribution in [2.45, 2.75) is 94.1 Å². The van der Waals surface area contributed by atoms with Gasteiger partial charge in [0.25, 0.3) is 5.91 Å². The predicted molar refractivity (Wildman–Crippen MR) is 157 cm³/mol. The molecule has 0 radical (unpaired) electrons. The van der Waals surface area contributed by atoms with Crippen LogP contribution in [0.1, 0.15) is 95.7 Å². The Balaban J connectivity index is 1.19. The lowest BCUT2D eigenvalue weighted by Gasteiger charge is -2.33. The molecule has 7 rings (SSSR count). The first-order chi connectivity index (χ1) is 23.9. The van der Waals surface area contributed by atoms with Gasteiger partial charge in [-0.3, -0.25) is 14.3 Å². The molecule has 2 saturated carbocycles. The highest BCUT2D eigenvalue weighted by Gasteiger charge is 2.56. The van der Waals surface area contributed by atoms with Gasteiger partial charge in [0.1, 0.15) is 17.4 Å². The van der Waals surface area contributed by atoms with Crippen LogP contribution in [0, 0.1) is 11.3 Å². The summed E-state index contributed by atoms with van der Waals surface area (Å²) in [6.45, 7) is 0. The Hall–Kier alpha value is -4.65. The first kappa shape index (κ1) is 34.8. The van der Waals surface area contributed by atoms with Crippen LogP contribution in [-0.4, -0.2) is 64.6 Å². The van der Waals surface area contributed by atoms with Gasteiger partial charge in [0.15, 0.2) is 11.3 Å². The maximum atomic E-state index is 14.1. The van der Waals surface area contributed by atoms with Crippen LogP contribution in [0.25, 0.3) is 5.65 Å². The van der Waals surface area contributed by atoms with E-state index in [2.05, 4.69) is 30.8 Å². The van der Waals surface area contributed by atoms with Gasteiger partial charge in [0.2, 0.25) is 11.8 Å². The molecule has 3 aliphatic rings. The van der Waals surface area contributed by atoms with Crippen molar-refractivity contribution in [3.63, 3.8) is 0 Å². The molecular formula is C31H31F8N9O3. The molecule has 20 heteroatoms. The van der Waals surface area contributed by atoms with E-state index >= 15 is 0 Å². The lowest BCUT2D eigenvalue weighted by Crippen LogP contribution is -2.39. The Morgan fingerprint density at radius 3 is 2.43 bits per heavy atom. The number of halogens is 8. The average molecular weight is 730 g/mol. The van der Waals surface area contributed by atoms with E-state index in [0.717, 1.165) is 19.9 Å². The number of hydrogen-bond acceptors (Lipinski definition) is 8.